The molecule has 9 heavy (non-hydrogen) atoms. The van der Waals surface area contributed by atoms with Gasteiger partial charge in [0.15, 0.2) is 0 Å². The number of carbonyl (C=O) groups is 2. The predicted octanol–water partition coefficient (Wildman–Crippen LogP) is -2.20. The Hall–Kier alpha value is -1.52. The number of rotatable bonds is 2. The maximum Gasteiger partial charge on any atom is 0.264 e. The maximum atomic E-state index is 10.1. The van der Waals surface area contributed by atoms with Crippen molar-refractivity contribution >= 4 is 11.8 Å². The standard InChI is InChI=1S/C4H7N3O2/c5-2(4(7)9)1-3(6)8/h1H,5H2,(H2,6,8)(H2,7,9). The smallest absolute Gasteiger partial charge is 0.264 e. The third-order valence-electron chi connectivity index (χ3n) is 0.582. The molecule has 5 heteroatoms. The van der Waals surface area contributed by atoms with Crippen molar-refractivity contribution in [2.75, 3.05) is 0 Å². The Morgan fingerprint density at radius 2 is 1.56 bits per heavy atom. The average molecular weight is 129 g/mol. The molecular weight excluding hydrogens is 122 g/mol. The van der Waals surface area contributed by atoms with Gasteiger partial charge in [0.25, 0.3) is 5.91 Å². The molecule has 0 atom stereocenters. The lowest BCUT2D eigenvalue weighted by Gasteiger charge is -1.88. The lowest BCUT2D eigenvalue weighted by atomic mass is 10.4. The minimum Gasteiger partial charge on any atom is -0.394 e. The zero-order valence-corrected chi connectivity index (χ0v) is 4.63. The molecule has 0 aliphatic rings. The molecule has 0 bridgehead atoms. The molecule has 0 heterocycles. The Labute approximate surface area is 51.5 Å². The Morgan fingerprint density at radius 3 is 1.67 bits per heavy atom. The summed E-state index contributed by atoms with van der Waals surface area (Å²) in [6.45, 7) is 0. The van der Waals surface area contributed by atoms with Crippen LogP contribution in [0.25, 0.3) is 0 Å². The maximum absolute atomic E-state index is 10.1. The van der Waals surface area contributed by atoms with Crippen molar-refractivity contribution in [2.24, 2.45) is 17.2 Å². The van der Waals surface area contributed by atoms with E-state index in [-0.39, 0.29) is 5.70 Å². The second kappa shape index (κ2) is 2.71. The van der Waals surface area contributed by atoms with Crippen LogP contribution in [0.2, 0.25) is 0 Å². The van der Waals surface area contributed by atoms with Crippen LogP contribution in [0.5, 0.6) is 0 Å². The molecular formula is C4H7N3O2. The van der Waals surface area contributed by atoms with Gasteiger partial charge >= 0.3 is 0 Å². The first kappa shape index (κ1) is 7.48. The van der Waals surface area contributed by atoms with Crippen LogP contribution in [0.4, 0.5) is 0 Å². The van der Waals surface area contributed by atoms with Gasteiger partial charge in [-0.1, -0.05) is 0 Å². The van der Waals surface area contributed by atoms with Crippen molar-refractivity contribution in [3.05, 3.63) is 11.8 Å². The average Bonchev–Trinajstić information content (AvgIpc) is 1.63. The van der Waals surface area contributed by atoms with E-state index in [9.17, 15) is 9.59 Å². The van der Waals surface area contributed by atoms with Crippen LogP contribution < -0.4 is 17.2 Å². The van der Waals surface area contributed by atoms with Crippen molar-refractivity contribution in [2.45, 2.75) is 0 Å². The van der Waals surface area contributed by atoms with Crippen LogP contribution in [0.3, 0.4) is 0 Å². The van der Waals surface area contributed by atoms with Crippen molar-refractivity contribution in [1.82, 2.24) is 0 Å². The number of hydrogen-bond acceptors (Lipinski definition) is 3. The fraction of sp³-hybridized carbons (Fsp3) is 0. The van der Waals surface area contributed by atoms with Gasteiger partial charge in [0.2, 0.25) is 5.91 Å². The van der Waals surface area contributed by atoms with Gasteiger partial charge in [-0.2, -0.15) is 0 Å². The normalized spacial score (nSPS) is 10.9. The molecule has 2 amide bonds. The second-order valence-corrected chi connectivity index (χ2v) is 1.37. The number of hydrogen-bond donors (Lipinski definition) is 3. The number of nitrogens with two attached hydrogens (primary N) is 3. The summed E-state index contributed by atoms with van der Waals surface area (Å²) in [5.41, 5.74) is 13.8. The molecule has 0 aromatic carbocycles. The fourth-order valence-corrected chi connectivity index (χ4v) is 0.224. The van der Waals surface area contributed by atoms with Crippen LogP contribution in [0.1, 0.15) is 0 Å². The summed E-state index contributed by atoms with van der Waals surface area (Å²) in [5.74, 6) is -1.64. The molecule has 6 N–H and O–H groups in total. The first-order valence-corrected chi connectivity index (χ1v) is 2.10. The van der Waals surface area contributed by atoms with Gasteiger partial charge < -0.3 is 17.2 Å². The van der Waals surface area contributed by atoms with E-state index in [4.69, 9.17) is 5.73 Å². The highest BCUT2D eigenvalue weighted by Gasteiger charge is 1.97. The molecule has 0 saturated heterocycles. The number of primary amides is 2. The molecule has 50 valence electrons. The lowest BCUT2D eigenvalue weighted by Crippen LogP contribution is -2.22. The van der Waals surface area contributed by atoms with Gasteiger partial charge in [0.1, 0.15) is 5.70 Å². The Balaban J connectivity index is 4.17. The first-order chi connectivity index (χ1) is 4.04. The van der Waals surface area contributed by atoms with Gasteiger partial charge in [-0.05, 0) is 0 Å². The quantitative estimate of drug-likeness (QED) is 0.368. The van der Waals surface area contributed by atoms with Gasteiger partial charge in [0.05, 0.1) is 0 Å². The zero-order chi connectivity index (χ0) is 7.44. The molecule has 0 unspecified atom stereocenters. The molecule has 0 rings (SSSR count). The summed E-state index contributed by atoms with van der Waals surface area (Å²) < 4.78 is 0. The second-order valence-electron chi connectivity index (χ2n) is 1.37. The zero-order valence-electron chi connectivity index (χ0n) is 4.63. The first-order valence-electron chi connectivity index (χ1n) is 2.10. The topological polar surface area (TPSA) is 112 Å². The van der Waals surface area contributed by atoms with Crippen molar-refractivity contribution in [3.63, 3.8) is 0 Å². The van der Waals surface area contributed by atoms with E-state index in [1.807, 2.05) is 0 Å². The lowest BCUT2D eigenvalue weighted by molar-refractivity contribution is -0.116. The largest absolute Gasteiger partial charge is 0.394 e. The number of amides is 2. The molecule has 0 radical (unpaired) electrons. The van der Waals surface area contributed by atoms with Gasteiger partial charge in [-0.25, -0.2) is 0 Å². The summed E-state index contributed by atoms with van der Waals surface area (Å²) in [7, 11) is 0. The van der Waals surface area contributed by atoms with E-state index in [0.29, 0.717) is 0 Å². The minimum absolute atomic E-state index is 0.331. The van der Waals surface area contributed by atoms with E-state index in [1.165, 1.54) is 0 Å². The third-order valence-corrected chi connectivity index (χ3v) is 0.582. The highest BCUT2D eigenvalue weighted by Crippen LogP contribution is 1.77. The van der Waals surface area contributed by atoms with Crippen LogP contribution in [0, 0.1) is 0 Å². The Kier molecular flexibility index (Phi) is 2.25. The Morgan fingerprint density at radius 1 is 1.11 bits per heavy atom. The molecule has 0 aliphatic carbocycles. The van der Waals surface area contributed by atoms with Gasteiger partial charge in [-0.3, -0.25) is 9.59 Å². The third kappa shape index (κ3) is 3.10. The van der Waals surface area contributed by atoms with Crippen LogP contribution >= 0.6 is 0 Å². The molecule has 0 spiro atoms. The molecule has 5 nitrogen and oxygen atoms in total. The van der Waals surface area contributed by atoms with Crippen LogP contribution in [-0.4, -0.2) is 11.8 Å². The van der Waals surface area contributed by atoms with E-state index in [0.717, 1.165) is 6.08 Å². The van der Waals surface area contributed by atoms with Gasteiger partial charge in [0, 0.05) is 6.08 Å². The summed E-state index contributed by atoms with van der Waals surface area (Å²) in [5, 5.41) is 0. The minimum atomic E-state index is -0.853. The van der Waals surface area contributed by atoms with Crippen LogP contribution in [0.15, 0.2) is 11.8 Å². The van der Waals surface area contributed by atoms with Gasteiger partial charge in [-0.15, -0.1) is 0 Å². The van der Waals surface area contributed by atoms with Crippen LogP contribution in [-0.2, 0) is 9.59 Å². The summed E-state index contributed by atoms with van der Waals surface area (Å²) in [4.78, 5) is 20.0. The highest BCUT2D eigenvalue weighted by atomic mass is 16.2. The SMILES string of the molecule is NC(=O)C=C(N)C(N)=O. The summed E-state index contributed by atoms with van der Waals surface area (Å²) in [6.07, 6.45) is 0.766. The molecule has 0 aromatic rings. The summed E-state index contributed by atoms with van der Waals surface area (Å²) in [6, 6.07) is 0. The summed E-state index contributed by atoms with van der Waals surface area (Å²) >= 11 is 0. The van der Waals surface area contributed by atoms with E-state index in [1.54, 1.807) is 0 Å². The van der Waals surface area contributed by atoms with E-state index >= 15 is 0 Å². The molecule has 0 saturated carbocycles. The monoisotopic (exact) mass is 129 g/mol. The van der Waals surface area contributed by atoms with Crippen molar-refractivity contribution in [3.8, 4) is 0 Å². The van der Waals surface area contributed by atoms with E-state index in [2.05, 4.69) is 11.5 Å². The predicted molar refractivity (Wildman–Crippen MR) is 30.7 cm³/mol. The number of carbonyl (C=O) groups excluding carboxylic acids is 2. The Bertz CT molecular complexity index is 173. The highest BCUT2D eigenvalue weighted by molar-refractivity contribution is 5.98. The molecule has 0 fully saturated rings. The molecule has 0 aromatic heterocycles. The molecule has 0 aliphatic heterocycles. The fourth-order valence-electron chi connectivity index (χ4n) is 0.224. The van der Waals surface area contributed by atoms with E-state index < -0.39 is 11.8 Å². The van der Waals surface area contributed by atoms with Crippen molar-refractivity contribution < 1.29 is 9.59 Å². The van der Waals surface area contributed by atoms with Crippen molar-refractivity contribution in [1.29, 1.82) is 0 Å².